The quantitative estimate of drug-likeness (QED) is 0.694. The van der Waals surface area contributed by atoms with E-state index in [0.29, 0.717) is 10.6 Å². The van der Waals surface area contributed by atoms with E-state index in [0.717, 1.165) is 14.2 Å². The van der Waals surface area contributed by atoms with Crippen molar-refractivity contribution >= 4 is 60.8 Å². The van der Waals surface area contributed by atoms with Gasteiger partial charge in [-0.05, 0) is 38.8 Å². The molecular formula is C11H5BrClNS2. The summed E-state index contributed by atoms with van der Waals surface area (Å²) >= 11 is 12.7. The summed E-state index contributed by atoms with van der Waals surface area (Å²) in [6, 6.07) is 7.89. The first-order valence-electron chi connectivity index (χ1n) is 4.31. The lowest BCUT2D eigenvalue weighted by molar-refractivity contribution is 1.54. The zero-order valence-electron chi connectivity index (χ0n) is 7.91. The van der Waals surface area contributed by atoms with Gasteiger partial charge in [0.05, 0.1) is 15.5 Å². The van der Waals surface area contributed by atoms with E-state index < -0.39 is 0 Å². The van der Waals surface area contributed by atoms with E-state index in [1.54, 1.807) is 0 Å². The molecule has 2 heterocycles. The number of halogens is 2. The molecule has 2 rings (SSSR count). The van der Waals surface area contributed by atoms with Crippen LogP contribution in [-0.2, 0) is 0 Å². The lowest BCUT2D eigenvalue weighted by atomic mass is 10.2. The molecule has 0 amide bonds. The SMILES string of the molecule is N#CC(=C(Cl)c1sccc1Br)c1cccs1. The Morgan fingerprint density at radius 3 is 2.62 bits per heavy atom. The Morgan fingerprint density at radius 2 is 2.12 bits per heavy atom. The van der Waals surface area contributed by atoms with Gasteiger partial charge < -0.3 is 0 Å². The zero-order valence-corrected chi connectivity index (χ0v) is 11.9. The van der Waals surface area contributed by atoms with Gasteiger partial charge in [-0.3, -0.25) is 0 Å². The van der Waals surface area contributed by atoms with Gasteiger partial charge in [-0.2, -0.15) is 5.26 Å². The molecule has 0 aliphatic carbocycles. The lowest BCUT2D eigenvalue weighted by Crippen LogP contribution is -1.80. The summed E-state index contributed by atoms with van der Waals surface area (Å²) in [6.45, 7) is 0. The van der Waals surface area contributed by atoms with Crippen LogP contribution in [0.2, 0.25) is 0 Å². The fraction of sp³-hybridized carbons (Fsp3) is 0. The van der Waals surface area contributed by atoms with Gasteiger partial charge in [-0.15, -0.1) is 22.7 Å². The van der Waals surface area contributed by atoms with Crippen LogP contribution in [0.3, 0.4) is 0 Å². The molecule has 2 aromatic heterocycles. The Bertz CT molecular complexity index is 563. The van der Waals surface area contributed by atoms with Crippen molar-refractivity contribution in [3.8, 4) is 6.07 Å². The molecule has 0 unspecified atom stereocenters. The molecule has 0 spiro atoms. The van der Waals surface area contributed by atoms with Crippen LogP contribution in [0.25, 0.3) is 10.6 Å². The van der Waals surface area contributed by atoms with Crippen molar-refractivity contribution in [2.24, 2.45) is 0 Å². The van der Waals surface area contributed by atoms with Gasteiger partial charge in [0.2, 0.25) is 0 Å². The molecule has 0 bridgehead atoms. The third-order valence-corrected chi connectivity index (χ3v) is 5.15. The first kappa shape index (κ1) is 11.9. The van der Waals surface area contributed by atoms with Gasteiger partial charge in [0.25, 0.3) is 0 Å². The van der Waals surface area contributed by atoms with E-state index in [4.69, 9.17) is 16.9 Å². The minimum Gasteiger partial charge on any atom is -0.192 e. The highest BCUT2D eigenvalue weighted by Crippen LogP contribution is 2.38. The highest BCUT2D eigenvalue weighted by molar-refractivity contribution is 9.10. The summed E-state index contributed by atoms with van der Waals surface area (Å²) in [5.41, 5.74) is 0.528. The average molecular weight is 331 g/mol. The highest BCUT2D eigenvalue weighted by Gasteiger charge is 2.13. The molecular weight excluding hydrogens is 326 g/mol. The summed E-state index contributed by atoms with van der Waals surface area (Å²) in [7, 11) is 0. The van der Waals surface area contributed by atoms with Crippen LogP contribution in [-0.4, -0.2) is 0 Å². The Labute approximate surface area is 115 Å². The molecule has 0 aliphatic rings. The van der Waals surface area contributed by atoms with Crippen molar-refractivity contribution in [3.63, 3.8) is 0 Å². The summed E-state index contributed by atoms with van der Waals surface area (Å²) in [4.78, 5) is 1.79. The Kier molecular flexibility index (Phi) is 3.82. The number of nitriles is 1. The van der Waals surface area contributed by atoms with Gasteiger partial charge in [0.15, 0.2) is 0 Å². The average Bonchev–Trinajstić information content (AvgIpc) is 2.90. The predicted molar refractivity (Wildman–Crippen MR) is 74.6 cm³/mol. The van der Waals surface area contributed by atoms with E-state index in [1.807, 2.05) is 29.0 Å². The molecule has 80 valence electrons. The van der Waals surface area contributed by atoms with Crippen LogP contribution in [0, 0.1) is 11.3 Å². The van der Waals surface area contributed by atoms with Crippen LogP contribution >= 0.6 is 50.2 Å². The van der Waals surface area contributed by atoms with Crippen LogP contribution in [0.4, 0.5) is 0 Å². The molecule has 0 aliphatic heterocycles. The first-order valence-corrected chi connectivity index (χ1v) is 7.24. The summed E-state index contributed by atoms with van der Waals surface area (Å²) in [6.07, 6.45) is 0. The maximum atomic E-state index is 9.16. The monoisotopic (exact) mass is 329 g/mol. The van der Waals surface area contributed by atoms with Crippen molar-refractivity contribution in [1.82, 2.24) is 0 Å². The Morgan fingerprint density at radius 1 is 1.31 bits per heavy atom. The van der Waals surface area contributed by atoms with Gasteiger partial charge in [-0.1, -0.05) is 17.7 Å². The minimum atomic E-state index is 0.506. The third kappa shape index (κ3) is 2.23. The number of nitrogens with zero attached hydrogens (tertiary/aromatic N) is 1. The molecule has 2 aromatic rings. The van der Waals surface area contributed by atoms with Crippen LogP contribution < -0.4 is 0 Å². The van der Waals surface area contributed by atoms with E-state index in [9.17, 15) is 0 Å². The van der Waals surface area contributed by atoms with Gasteiger partial charge in [0, 0.05) is 9.35 Å². The zero-order chi connectivity index (χ0) is 11.5. The van der Waals surface area contributed by atoms with E-state index in [-0.39, 0.29) is 0 Å². The molecule has 0 saturated heterocycles. The topological polar surface area (TPSA) is 23.8 Å². The second kappa shape index (κ2) is 5.15. The minimum absolute atomic E-state index is 0.506. The number of hydrogen-bond acceptors (Lipinski definition) is 3. The third-order valence-electron chi connectivity index (χ3n) is 1.92. The summed E-state index contributed by atoms with van der Waals surface area (Å²) < 4.78 is 0.923. The maximum absolute atomic E-state index is 9.16. The Balaban J connectivity index is 2.56. The molecule has 0 radical (unpaired) electrons. The number of allylic oxidation sites excluding steroid dienone is 1. The molecule has 0 atom stereocenters. The molecule has 1 nitrogen and oxygen atoms in total. The normalized spacial score (nSPS) is 12.1. The van der Waals surface area contributed by atoms with Crippen LogP contribution in [0.15, 0.2) is 33.4 Å². The van der Waals surface area contributed by atoms with Crippen LogP contribution in [0.1, 0.15) is 9.75 Å². The summed E-state index contributed by atoms with van der Waals surface area (Å²) in [5, 5.41) is 13.5. The second-order valence-electron chi connectivity index (χ2n) is 2.88. The Hall–Kier alpha value is -0.600. The number of rotatable bonds is 2. The molecule has 0 fully saturated rings. The number of hydrogen-bond donors (Lipinski definition) is 0. The lowest BCUT2D eigenvalue weighted by Gasteiger charge is -2.00. The van der Waals surface area contributed by atoms with Crippen LogP contribution in [0.5, 0.6) is 0 Å². The van der Waals surface area contributed by atoms with Crippen molar-refractivity contribution in [2.45, 2.75) is 0 Å². The fourth-order valence-corrected chi connectivity index (χ4v) is 3.99. The molecule has 16 heavy (non-hydrogen) atoms. The van der Waals surface area contributed by atoms with Gasteiger partial charge in [-0.25, -0.2) is 0 Å². The van der Waals surface area contributed by atoms with E-state index in [2.05, 4.69) is 22.0 Å². The van der Waals surface area contributed by atoms with E-state index in [1.165, 1.54) is 22.7 Å². The molecule has 0 N–H and O–H groups in total. The van der Waals surface area contributed by atoms with Gasteiger partial charge >= 0.3 is 0 Å². The van der Waals surface area contributed by atoms with Crippen molar-refractivity contribution in [2.75, 3.05) is 0 Å². The number of thiophene rings is 2. The molecule has 0 saturated carbocycles. The standard InChI is InChI=1S/C11H5BrClNS2/c12-8-3-5-16-11(8)10(13)7(6-14)9-2-1-4-15-9/h1-5H. The smallest absolute Gasteiger partial charge is 0.102 e. The maximum Gasteiger partial charge on any atom is 0.102 e. The van der Waals surface area contributed by atoms with Crippen molar-refractivity contribution in [1.29, 1.82) is 5.26 Å². The highest BCUT2D eigenvalue weighted by atomic mass is 79.9. The van der Waals surface area contributed by atoms with Gasteiger partial charge in [0.1, 0.15) is 6.07 Å². The predicted octanol–water partition coefficient (Wildman–Crippen LogP) is 5.20. The second-order valence-corrected chi connectivity index (χ2v) is 5.97. The summed E-state index contributed by atoms with van der Waals surface area (Å²) in [5.74, 6) is 0. The van der Waals surface area contributed by atoms with Crippen molar-refractivity contribution in [3.05, 3.63) is 43.2 Å². The molecule has 0 aromatic carbocycles. The fourth-order valence-electron chi connectivity index (χ4n) is 1.20. The first-order chi connectivity index (χ1) is 7.74. The molecule has 5 heteroatoms. The van der Waals surface area contributed by atoms with Crippen molar-refractivity contribution < 1.29 is 0 Å². The largest absolute Gasteiger partial charge is 0.192 e. The van der Waals surface area contributed by atoms with E-state index >= 15 is 0 Å².